The number of rotatable bonds is 8. The predicted octanol–water partition coefficient (Wildman–Crippen LogP) is 5.31. The third-order valence-corrected chi connectivity index (χ3v) is 5.50. The molecule has 0 saturated carbocycles. The number of benzene rings is 2. The van der Waals surface area contributed by atoms with Crippen LogP contribution in [0.3, 0.4) is 0 Å². The average molecular weight is 447 g/mol. The van der Waals surface area contributed by atoms with Crippen LogP contribution in [0.5, 0.6) is 0 Å². The van der Waals surface area contributed by atoms with Crippen LogP contribution in [-0.2, 0) is 14.0 Å². The van der Waals surface area contributed by atoms with Gasteiger partial charge in [0.2, 0.25) is 0 Å². The molecule has 2 atom stereocenters. The van der Waals surface area contributed by atoms with Crippen molar-refractivity contribution in [2.45, 2.75) is 17.6 Å². The molecule has 2 nitrogen and oxygen atoms in total. The van der Waals surface area contributed by atoms with Crippen LogP contribution in [0.2, 0.25) is 0 Å². The molecule has 0 N–H and O–H groups in total. The molecule has 116 valence electrons. The Morgan fingerprint density at radius 1 is 1.09 bits per heavy atom. The fourth-order valence-electron chi connectivity index (χ4n) is 2.41. The van der Waals surface area contributed by atoms with Gasteiger partial charge in [0.15, 0.2) is 0 Å². The predicted molar refractivity (Wildman–Crippen MR) is 104 cm³/mol. The Hall–Kier alpha value is -0.205. The summed E-state index contributed by atoms with van der Waals surface area (Å²) in [6, 6.07) is 20.4. The summed E-state index contributed by atoms with van der Waals surface area (Å²) in [5.41, 5.74) is 2.33. The van der Waals surface area contributed by atoms with E-state index in [1.807, 2.05) is 59.4 Å². The molecule has 0 aliphatic heterocycles. The number of hydrogen-bond donors (Lipinski definition) is 0. The van der Waals surface area contributed by atoms with Crippen molar-refractivity contribution in [3.63, 3.8) is 0 Å². The Bertz CT molecular complexity index is 546. The summed E-state index contributed by atoms with van der Waals surface area (Å²) in [4.78, 5) is 0. The zero-order chi connectivity index (χ0) is 15.8. The van der Waals surface area contributed by atoms with E-state index in [-0.39, 0.29) is 18.2 Å². The van der Waals surface area contributed by atoms with Gasteiger partial charge < -0.3 is 7.72 Å². The summed E-state index contributed by atoms with van der Waals surface area (Å²) in [6.07, 6.45) is 0.670. The highest BCUT2D eigenvalue weighted by atomic mass is 127. The molecule has 2 aromatic rings. The van der Waals surface area contributed by atoms with Crippen LogP contribution in [0.15, 0.2) is 60.7 Å². The van der Waals surface area contributed by atoms with Crippen LogP contribution in [-0.4, -0.2) is 19.2 Å². The van der Waals surface area contributed by atoms with Crippen molar-refractivity contribution in [1.82, 2.24) is 0 Å². The minimum Gasteiger partial charge on any atom is -0.437 e. The lowest BCUT2D eigenvalue weighted by molar-refractivity contribution is 0.293. The van der Waals surface area contributed by atoms with Crippen molar-refractivity contribution < 1.29 is 7.72 Å². The fourth-order valence-corrected chi connectivity index (χ4v) is 4.48. The summed E-state index contributed by atoms with van der Waals surface area (Å²) in [6.45, 7) is -0.0372. The van der Waals surface area contributed by atoms with Gasteiger partial charge in [-0.1, -0.05) is 77.2 Å². The highest BCUT2D eigenvalue weighted by molar-refractivity contribution is 14.1. The number of halogens is 2. The summed E-state index contributed by atoms with van der Waals surface area (Å²) in [7, 11) is 9.18. The van der Waals surface area contributed by atoms with Crippen molar-refractivity contribution in [3.05, 3.63) is 71.8 Å². The van der Waals surface area contributed by atoms with E-state index in [9.17, 15) is 0 Å². The topological polar surface area (TPSA) is 18.5 Å². The molecule has 0 bridgehead atoms. The van der Waals surface area contributed by atoms with E-state index in [0.717, 1.165) is 11.9 Å². The lowest BCUT2D eigenvalue weighted by Crippen LogP contribution is -2.37. The highest BCUT2D eigenvalue weighted by Crippen LogP contribution is 2.36. The van der Waals surface area contributed by atoms with E-state index in [0.29, 0.717) is 0 Å². The number of hydrogen-bond acceptors (Lipinski definition) is 3. The van der Waals surface area contributed by atoms with E-state index in [1.54, 1.807) is 7.11 Å². The molecule has 22 heavy (non-hydrogen) atoms. The third-order valence-electron chi connectivity index (χ3n) is 3.57. The second-order valence-electron chi connectivity index (χ2n) is 4.94. The molecule has 6 heteroatoms. The minimum atomic E-state index is -0.127. The lowest BCUT2D eigenvalue weighted by Gasteiger charge is -2.27. The van der Waals surface area contributed by atoms with Gasteiger partial charge in [-0.25, -0.2) is 0 Å². The molecular weight excluding hydrogens is 429 g/mol. The van der Waals surface area contributed by atoms with E-state index >= 15 is 0 Å². The van der Waals surface area contributed by atoms with Crippen molar-refractivity contribution in [2.24, 2.45) is 0 Å². The zero-order valence-corrected chi connectivity index (χ0v) is 15.9. The van der Waals surface area contributed by atoms with E-state index in [2.05, 4.69) is 24.3 Å². The Balaban J connectivity index is 2.19. The second kappa shape index (κ2) is 9.83. The molecule has 0 amide bonds. The van der Waals surface area contributed by atoms with Crippen molar-refractivity contribution in [2.75, 3.05) is 7.11 Å². The first kappa shape index (κ1) is 18.1. The quantitative estimate of drug-likeness (QED) is 0.405. The van der Waals surface area contributed by atoms with Crippen molar-refractivity contribution in [1.29, 1.82) is 0 Å². The molecule has 0 heterocycles. The lowest BCUT2D eigenvalue weighted by atomic mass is 9.57. The maximum Gasteiger partial charge on any atom is 0.314 e. The van der Waals surface area contributed by atoms with Crippen LogP contribution in [0, 0.1) is 0 Å². The summed E-state index contributed by atoms with van der Waals surface area (Å²) >= 11 is 1.94. The molecule has 0 aliphatic carbocycles. The molecule has 0 aliphatic rings. The van der Waals surface area contributed by atoms with Crippen LogP contribution in [0.25, 0.3) is 0 Å². The Labute approximate surface area is 155 Å². The van der Waals surface area contributed by atoms with Gasteiger partial charge in [0.1, 0.15) is 29.1 Å². The van der Waals surface area contributed by atoms with Crippen LogP contribution in [0.4, 0.5) is 0 Å². The van der Waals surface area contributed by atoms with Gasteiger partial charge in [0.25, 0.3) is 0 Å². The SMILES string of the molecule is COB(Cc1ccccc1)C(SCl)C(OI)c1ccccc1. The maximum absolute atomic E-state index is 6.18. The highest BCUT2D eigenvalue weighted by Gasteiger charge is 2.35. The minimum absolute atomic E-state index is 0.00817. The molecule has 2 unspecified atom stereocenters. The molecule has 0 fully saturated rings. The fraction of sp³-hybridized carbons (Fsp3) is 0.250. The summed E-state index contributed by atoms with van der Waals surface area (Å²) in [5, 5.41) is -0.00817. The largest absolute Gasteiger partial charge is 0.437 e. The molecule has 0 radical (unpaired) electrons. The molecule has 0 aromatic heterocycles. The molecule has 0 spiro atoms. The van der Waals surface area contributed by atoms with E-state index < -0.39 is 0 Å². The standard InChI is InChI=1S/C16H17BClIO2S/c1-20-17(12-13-8-4-2-5-9-13)16(22-18)15(21-19)14-10-6-3-7-11-14/h2-11,15-16H,12H2,1H3. The maximum atomic E-state index is 6.18. The van der Waals surface area contributed by atoms with Crippen molar-refractivity contribution in [3.8, 4) is 0 Å². The van der Waals surface area contributed by atoms with Gasteiger partial charge in [0, 0.05) is 7.11 Å². The first-order chi connectivity index (χ1) is 10.8. The molecule has 2 aromatic carbocycles. The first-order valence-corrected chi connectivity index (χ1v) is 9.55. The zero-order valence-electron chi connectivity index (χ0n) is 12.2. The normalized spacial score (nSPS) is 13.6. The third kappa shape index (κ3) is 4.90. The Kier molecular flexibility index (Phi) is 8.10. The van der Waals surface area contributed by atoms with E-state index in [4.69, 9.17) is 18.4 Å². The van der Waals surface area contributed by atoms with Gasteiger partial charge in [-0.15, -0.1) is 0 Å². The van der Waals surface area contributed by atoms with Gasteiger partial charge in [-0.2, -0.15) is 0 Å². The van der Waals surface area contributed by atoms with Gasteiger partial charge >= 0.3 is 6.92 Å². The van der Waals surface area contributed by atoms with Crippen molar-refractivity contribution >= 4 is 51.6 Å². The Morgan fingerprint density at radius 3 is 2.18 bits per heavy atom. The average Bonchev–Trinajstić information content (AvgIpc) is 2.59. The van der Waals surface area contributed by atoms with Crippen LogP contribution in [0.1, 0.15) is 17.2 Å². The molecule has 0 saturated heterocycles. The van der Waals surface area contributed by atoms with Crippen LogP contribution >= 0.6 is 44.7 Å². The van der Waals surface area contributed by atoms with Gasteiger partial charge in [-0.3, -0.25) is 0 Å². The van der Waals surface area contributed by atoms with Gasteiger partial charge in [-0.05, 0) is 22.6 Å². The first-order valence-electron chi connectivity index (χ1n) is 6.96. The summed E-state index contributed by atoms with van der Waals surface area (Å²) < 4.78 is 11.4. The second-order valence-corrected chi connectivity index (χ2v) is 6.70. The van der Waals surface area contributed by atoms with Crippen LogP contribution < -0.4 is 0 Å². The molecular formula is C16H17BClIO2S. The smallest absolute Gasteiger partial charge is 0.314 e. The van der Waals surface area contributed by atoms with E-state index in [1.165, 1.54) is 16.5 Å². The molecule has 2 rings (SSSR count). The van der Waals surface area contributed by atoms with Gasteiger partial charge in [0.05, 0.1) is 5.15 Å². The Morgan fingerprint density at radius 2 is 1.68 bits per heavy atom. The summed E-state index contributed by atoms with van der Waals surface area (Å²) in [5.74, 6) is 0. The monoisotopic (exact) mass is 446 g/mol.